The summed E-state index contributed by atoms with van der Waals surface area (Å²) in [4.78, 5) is 22.1. The van der Waals surface area contributed by atoms with Gasteiger partial charge in [0.25, 0.3) is 11.6 Å². The number of nitro benzene ring substituents is 1. The quantitative estimate of drug-likeness (QED) is 0.496. The predicted octanol–water partition coefficient (Wildman–Crippen LogP) is 3.77. The van der Waals surface area contributed by atoms with Crippen LogP contribution in [0.3, 0.4) is 0 Å². The molecule has 0 aromatic heterocycles. The molecule has 0 bridgehead atoms. The van der Waals surface area contributed by atoms with E-state index in [1.807, 2.05) is 0 Å². The summed E-state index contributed by atoms with van der Waals surface area (Å²) in [6.07, 6.45) is 1.33. The highest BCUT2D eigenvalue weighted by atomic mass is 79.9. The van der Waals surface area contributed by atoms with Crippen LogP contribution in [-0.2, 0) is 0 Å². The largest absolute Gasteiger partial charge is 0.284 e. The summed E-state index contributed by atoms with van der Waals surface area (Å²) in [6, 6.07) is 10.9. The number of carbonyl (C=O) groups is 1. The van der Waals surface area contributed by atoms with Gasteiger partial charge >= 0.3 is 0 Å². The van der Waals surface area contributed by atoms with Gasteiger partial charge in [0, 0.05) is 22.2 Å². The lowest BCUT2D eigenvalue weighted by Gasteiger charge is -2.00. The zero-order valence-corrected chi connectivity index (χ0v) is 13.3. The number of nitrogens with one attached hydrogen (secondary N) is 1. The molecule has 0 saturated carbocycles. The highest BCUT2D eigenvalue weighted by Gasteiger charge is 2.11. The Morgan fingerprint density at radius 3 is 2.59 bits per heavy atom. The standard InChI is InChI=1S/C14H9BrClN3O3/c15-12-6-1-9(7-13(12)19(21)22)8-17-18-14(20)10-2-4-11(16)5-3-10/h1-8H,(H,18,20)/b17-8-. The minimum atomic E-state index is -0.506. The first-order valence-corrected chi connectivity index (χ1v) is 7.17. The first-order valence-electron chi connectivity index (χ1n) is 6.00. The van der Waals surface area contributed by atoms with Crippen LogP contribution in [0.2, 0.25) is 5.02 Å². The van der Waals surface area contributed by atoms with Crippen molar-refractivity contribution < 1.29 is 9.72 Å². The normalized spacial score (nSPS) is 10.6. The van der Waals surface area contributed by atoms with Gasteiger partial charge in [-0.3, -0.25) is 14.9 Å². The van der Waals surface area contributed by atoms with Crippen LogP contribution in [0, 0.1) is 10.1 Å². The maximum atomic E-state index is 11.8. The molecule has 0 atom stereocenters. The summed E-state index contributed by atoms with van der Waals surface area (Å²) >= 11 is 8.83. The number of halogens is 2. The first kappa shape index (κ1) is 16.1. The van der Waals surface area contributed by atoms with Crippen LogP contribution in [0.25, 0.3) is 0 Å². The van der Waals surface area contributed by atoms with E-state index in [4.69, 9.17) is 11.6 Å². The summed E-state index contributed by atoms with van der Waals surface area (Å²) < 4.78 is 0.375. The Labute approximate surface area is 139 Å². The average molecular weight is 383 g/mol. The second kappa shape index (κ2) is 7.15. The fourth-order valence-corrected chi connectivity index (χ4v) is 2.10. The Kier molecular flexibility index (Phi) is 5.24. The summed E-state index contributed by atoms with van der Waals surface area (Å²) in [7, 11) is 0. The molecule has 8 heteroatoms. The third-order valence-corrected chi connectivity index (χ3v) is 3.58. The minimum absolute atomic E-state index is 0.0759. The Balaban J connectivity index is 2.06. The number of rotatable bonds is 4. The molecule has 1 amide bonds. The van der Waals surface area contributed by atoms with Gasteiger partial charge in [-0.1, -0.05) is 17.7 Å². The lowest BCUT2D eigenvalue weighted by Crippen LogP contribution is -2.17. The molecule has 0 aliphatic carbocycles. The predicted molar refractivity (Wildman–Crippen MR) is 87.3 cm³/mol. The Bertz CT molecular complexity index is 747. The molecular weight excluding hydrogens is 374 g/mol. The Morgan fingerprint density at radius 2 is 1.95 bits per heavy atom. The summed E-state index contributed by atoms with van der Waals surface area (Å²) in [5.41, 5.74) is 3.16. The lowest BCUT2D eigenvalue weighted by atomic mass is 10.2. The summed E-state index contributed by atoms with van der Waals surface area (Å²) in [5.74, 6) is -0.403. The van der Waals surface area contributed by atoms with Gasteiger partial charge in [0.05, 0.1) is 15.6 Å². The van der Waals surface area contributed by atoms with Crippen molar-refractivity contribution in [2.24, 2.45) is 5.10 Å². The number of amides is 1. The molecule has 0 unspecified atom stereocenters. The van der Waals surface area contributed by atoms with Crippen LogP contribution in [-0.4, -0.2) is 17.0 Å². The fourth-order valence-electron chi connectivity index (χ4n) is 1.58. The molecule has 22 heavy (non-hydrogen) atoms. The van der Waals surface area contributed by atoms with Crippen molar-refractivity contribution in [2.75, 3.05) is 0 Å². The van der Waals surface area contributed by atoms with E-state index < -0.39 is 10.8 Å². The second-order valence-electron chi connectivity index (χ2n) is 4.17. The molecule has 2 aromatic carbocycles. The van der Waals surface area contributed by atoms with Crippen LogP contribution in [0.5, 0.6) is 0 Å². The summed E-state index contributed by atoms with van der Waals surface area (Å²) in [5, 5.41) is 15.1. The third-order valence-electron chi connectivity index (χ3n) is 2.65. The van der Waals surface area contributed by atoms with Crippen molar-refractivity contribution in [3.63, 3.8) is 0 Å². The van der Waals surface area contributed by atoms with Gasteiger partial charge in [-0.05, 0) is 46.3 Å². The van der Waals surface area contributed by atoms with E-state index in [1.54, 1.807) is 36.4 Å². The van der Waals surface area contributed by atoms with Crippen LogP contribution in [0.4, 0.5) is 5.69 Å². The number of carbonyl (C=O) groups excluding carboxylic acids is 1. The van der Waals surface area contributed by atoms with Gasteiger partial charge in [-0.15, -0.1) is 0 Å². The van der Waals surface area contributed by atoms with Crippen LogP contribution < -0.4 is 5.43 Å². The van der Waals surface area contributed by atoms with E-state index in [1.165, 1.54) is 12.3 Å². The molecule has 0 aliphatic heterocycles. The SMILES string of the molecule is O=C(N/N=C\c1ccc(Br)c([N+](=O)[O-])c1)c1ccc(Cl)cc1. The topological polar surface area (TPSA) is 84.6 Å². The molecule has 2 rings (SSSR count). The van der Waals surface area contributed by atoms with Gasteiger partial charge in [0.1, 0.15) is 0 Å². The molecule has 2 aromatic rings. The maximum Gasteiger partial charge on any atom is 0.284 e. The van der Waals surface area contributed by atoms with Crippen molar-refractivity contribution in [1.82, 2.24) is 5.43 Å². The minimum Gasteiger partial charge on any atom is -0.267 e. The molecule has 0 aliphatic rings. The molecular formula is C14H9BrClN3O3. The van der Waals surface area contributed by atoms with Crippen LogP contribution >= 0.6 is 27.5 Å². The fraction of sp³-hybridized carbons (Fsp3) is 0. The van der Waals surface area contributed by atoms with Crippen molar-refractivity contribution in [3.05, 3.63) is 73.2 Å². The molecule has 6 nitrogen and oxygen atoms in total. The summed E-state index contributed by atoms with van der Waals surface area (Å²) in [6.45, 7) is 0. The van der Waals surface area contributed by atoms with Gasteiger partial charge in [-0.25, -0.2) is 5.43 Å². The monoisotopic (exact) mass is 381 g/mol. The average Bonchev–Trinajstić information content (AvgIpc) is 2.49. The number of hydrazone groups is 1. The molecule has 0 spiro atoms. The molecule has 112 valence electrons. The van der Waals surface area contributed by atoms with E-state index in [2.05, 4.69) is 26.5 Å². The number of nitrogens with zero attached hydrogens (tertiary/aromatic N) is 2. The van der Waals surface area contributed by atoms with Gasteiger partial charge in [0.15, 0.2) is 0 Å². The van der Waals surface area contributed by atoms with Crippen LogP contribution in [0.15, 0.2) is 52.0 Å². The number of nitro groups is 1. The number of benzene rings is 2. The third kappa shape index (κ3) is 4.12. The number of hydrogen-bond donors (Lipinski definition) is 1. The van der Waals surface area contributed by atoms with Gasteiger partial charge in [-0.2, -0.15) is 5.10 Å². The smallest absolute Gasteiger partial charge is 0.267 e. The molecule has 0 fully saturated rings. The van der Waals surface area contributed by atoms with Crippen molar-refractivity contribution in [1.29, 1.82) is 0 Å². The highest BCUT2D eigenvalue weighted by Crippen LogP contribution is 2.24. The Morgan fingerprint density at radius 1 is 1.27 bits per heavy atom. The van der Waals surface area contributed by atoms with E-state index >= 15 is 0 Å². The molecule has 0 saturated heterocycles. The van der Waals surface area contributed by atoms with Gasteiger partial charge < -0.3 is 0 Å². The Hall–Kier alpha value is -2.25. The molecule has 0 radical (unpaired) electrons. The molecule has 0 heterocycles. The maximum absolute atomic E-state index is 11.8. The van der Waals surface area contributed by atoms with Gasteiger partial charge in [0.2, 0.25) is 0 Å². The zero-order valence-electron chi connectivity index (χ0n) is 11.0. The second-order valence-corrected chi connectivity index (χ2v) is 5.46. The molecule has 1 N–H and O–H groups in total. The van der Waals surface area contributed by atoms with E-state index in [-0.39, 0.29) is 5.69 Å². The van der Waals surface area contributed by atoms with Crippen molar-refractivity contribution in [2.45, 2.75) is 0 Å². The first-order chi connectivity index (χ1) is 10.5. The van der Waals surface area contributed by atoms with Crippen molar-refractivity contribution >= 4 is 45.3 Å². The highest BCUT2D eigenvalue weighted by molar-refractivity contribution is 9.10. The lowest BCUT2D eigenvalue weighted by molar-refractivity contribution is -0.385. The van der Waals surface area contributed by atoms with E-state index in [0.29, 0.717) is 20.6 Å². The van der Waals surface area contributed by atoms with E-state index in [0.717, 1.165) is 0 Å². The van der Waals surface area contributed by atoms with Crippen LogP contribution in [0.1, 0.15) is 15.9 Å². The van der Waals surface area contributed by atoms with Crippen molar-refractivity contribution in [3.8, 4) is 0 Å². The number of hydrogen-bond acceptors (Lipinski definition) is 4. The zero-order chi connectivity index (χ0) is 16.1. The van der Waals surface area contributed by atoms with E-state index in [9.17, 15) is 14.9 Å².